The van der Waals surface area contributed by atoms with Crippen LogP contribution in [0.15, 0.2) is 24.3 Å². The molecule has 0 aliphatic heterocycles. The standard InChI is InChI=1S/C13H19NO/c1-12(2)8-13(14,9-12)10-4-6-11(15-3)7-5-10/h4-7H,8-9,14H2,1-3H3. The molecule has 2 nitrogen and oxygen atoms in total. The molecule has 2 N–H and O–H groups in total. The van der Waals surface area contributed by atoms with Crippen LogP contribution in [-0.4, -0.2) is 7.11 Å². The van der Waals surface area contributed by atoms with Crippen molar-refractivity contribution in [2.24, 2.45) is 11.1 Å². The van der Waals surface area contributed by atoms with E-state index in [0.717, 1.165) is 18.6 Å². The van der Waals surface area contributed by atoms with Gasteiger partial charge in [-0.2, -0.15) is 0 Å². The number of methoxy groups -OCH3 is 1. The van der Waals surface area contributed by atoms with Crippen molar-refractivity contribution in [1.82, 2.24) is 0 Å². The van der Waals surface area contributed by atoms with Crippen molar-refractivity contribution in [3.8, 4) is 5.75 Å². The molecule has 0 amide bonds. The predicted molar refractivity (Wildman–Crippen MR) is 61.9 cm³/mol. The molecule has 1 fully saturated rings. The Labute approximate surface area is 91.4 Å². The SMILES string of the molecule is COc1ccc(C2(N)CC(C)(C)C2)cc1. The molecule has 0 bridgehead atoms. The van der Waals surface area contributed by atoms with Gasteiger partial charge in [-0.15, -0.1) is 0 Å². The summed E-state index contributed by atoms with van der Waals surface area (Å²) >= 11 is 0. The number of ether oxygens (including phenoxy) is 1. The fourth-order valence-corrected chi connectivity index (χ4v) is 2.78. The summed E-state index contributed by atoms with van der Waals surface area (Å²) in [6.07, 6.45) is 2.12. The van der Waals surface area contributed by atoms with Crippen molar-refractivity contribution >= 4 is 0 Å². The van der Waals surface area contributed by atoms with Crippen LogP contribution in [0.4, 0.5) is 0 Å². The minimum atomic E-state index is -0.115. The Balaban J connectivity index is 2.17. The molecule has 0 unspecified atom stereocenters. The first-order valence-electron chi connectivity index (χ1n) is 5.39. The van der Waals surface area contributed by atoms with Crippen LogP contribution >= 0.6 is 0 Å². The molecule has 1 aliphatic rings. The van der Waals surface area contributed by atoms with Crippen LogP contribution in [0.3, 0.4) is 0 Å². The first-order valence-corrected chi connectivity index (χ1v) is 5.39. The molecule has 1 aromatic rings. The molecule has 0 saturated heterocycles. The molecule has 1 aromatic carbocycles. The lowest BCUT2D eigenvalue weighted by molar-refractivity contribution is 0.0618. The third-order valence-corrected chi connectivity index (χ3v) is 3.25. The highest BCUT2D eigenvalue weighted by Crippen LogP contribution is 2.51. The van der Waals surface area contributed by atoms with Crippen molar-refractivity contribution in [2.45, 2.75) is 32.2 Å². The summed E-state index contributed by atoms with van der Waals surface area (Å²) in [7, 11) is 1.68. The van der Waals surface area contributed by atoms with Gasteiger partial charge in [0.15, 0.2) is 0 Å². The highest BCUT2D eigenvalue weighted by Gasteiger charge is 2.47. The van der Waals surface area contributed by atoms with E-state index in [1.54, 1.807) is 7.11 Å². The van der Waals surface area contributed by atoms with Gasteiger partial charge in [0.05, 0.1) is 7.11 Å². The van der Waals surface area contributed by atoms with E-state index in [4.69, 9.17) is 10.5 Å². The molecule has 82 valence electrons. The molecule has 0 spiro atoms. The van der Waals surface area contributed by atoms with E-state index < -0.39 is 0 Å². The molecular formula is C13H19NO. The van der Waals surface area contributed by atoms with Crippen molar-refractivity contribution in [3.63, 3.8) is 0 Å². The van der Waals surface area contributed by atoms with Gasteiger partial charge in [-0.05, 0) is 36.0 Å². The van der Waals surface area contributed by atoms with Crippen LogP contribution in [0.5, 0.6) is 5.75 Å². The van der Waals surface area contributed by atoms with E-state index in [1.807, 2.05) is 12.1 Å². The first-order chi connectivity index (χ1) is 6.95. The Morgan fingerprint density at radius 1 is 1.13 bits per heavy atom. The number of benzene rings is 1. The summed E-state index contributed by atoms with van der Waals surface area (Å²) in [6.45, 7) is 4.53. The summed E-state index contributed by atoms with van der Waals surface area (Å²) in [5, 5.41) is 0. The molecule has 15 heavy (non-hydrogen) atoms. The molecule has 1 saturated carbocycles. The summed E-state index contributed by atoms with van der Waals surface area (Å²) < 4.78 is 5.13. The van der Waals surface area contributed by atoms with E-state index >= 15 is 0 Å². The summed E-state index contributed by atoms with van der Waals surface area (Å²) in [5.41, 5.74) is 7.86. The van der Waals surface area contributed by atoms with E-state index in [9.17, 15) is 0 Å². The van der Waals surface area contributed by atoms with Gasteiger partial charge in [0.1, 0.15) is 5.75 Å². The maximum absolute atomic E-state index is 6.35. The molecular weight excluding hydrogens is 186 g/mol. The first kappa shape index (κ1) is 10.5. The Bertz CT molecular complexity index is 345. The topological polar surface area (TPSA) is 35.2 Å². The fourth-order valence-electron chi connectivity index (χ4n) is 2.78. The second-order valence-corrected chi connectivity index (χ2v) is 5.40. The summed E-state index contributed by atoms with van der Waals surface area (Å²) in [6, 6.07) is 8.12. The molecule has 2 heteroatoms. The molecule has 1 aliphatic carbocycles. The molecule has 0 heterocycles. The highest BCUT2D eigenvalue weighted by atomic mass is 16.5. The van der Waals surface area contributed by atoms with Gasteiger partial charge in [-0.25, -0.2) is 0 Å². The van der Waals surface area contributed by atoms with Crippen LogP contribution in [-0.2, 0) is 5.54 Å². The zero-order chi connectivity index (χ0) is 11.1. The number of hydrogen-bond acceptors (Lipinski definition) is 2. The third-order valence-electron chi connectivity index (χ3n) is 3.25. The quantitative estimate of drug-likeness (QED) is 0.805. The Kier molecular flexibility index (Phi) is 2.27. The predicted octanol–water partition coefficient (Wildman–Crippen LogP) is 2.67. The van der Waals surface area contributed by atoms with Crippen LogP contribution < -0.4 is 10.5 Å². The number of rotatable bonds is 2. The average molecular weight is 205 g/mol. The Hall–Kier alpha value is -1.02. The number of hydrogen-bond donors (Lipinski definition) is 1. The minimum Gasteiger partial charge on any atom is -0.497 e. The van der Waals surface area contributed by atoms with Crippen molar-refractivity contribution in [2.75, 3.05) is 7.11 Å². The van der Waals surface area contributed by atoms with Crippen molar-refractivity contribution < 1.29 is 4.74 Å². The lowest BCUT2D eigenvalue weighted by atomic mass is 9.57. The minimum absolute atomic E-state index is 0.115. The van der Waals surface area contributed by atoms with Gasteiger partial charge < -0.3 is 10.5 Å². The Morgan fingerprint density at radius 3 is 2.07 bits per heavy atom. The largest absolute Gasteiger partial charge is 0.497 e. The second-order valence-electron chi connectivity index (χ2n) is 5.40. The molecule has 0 radical (unpaired) electrons. The van der Waals surface area contributed by atoms with E-state index in [1.165, 1.54) is 5.56 Å². The van der Waals surface area contributed by atoms with E-state index in [-0.39, 0.29) is 5.54 Å². The van der Waals surface area contributed by atoms with Gasteiger partial charge in [-0.3, -0.25) is 0 Å². The highest BCUT2D eigenvalue weighted by molar-refractivity contribution is 5.34. The zero-order valence-corrected chi connectivity index (χ0v) is 9.71. The fraction of sp³-hybridized carbons (Fsp3) is 0.538. The number of nitrogens with two attached hydrogens (primary N) is 1. The van der Waals surface area contributed by atoms with Crippen LogP contribution in [0.1, 0.15) is 32.3 Å². The summed E-state index contributed by atoms with van der Waals surface area (Å²) in [5.74, 6) is 0.890. The van der Waals surface area contributed by atoms with E-state index in [0.29, 0.717) is 5.41 Å². The third kappa shape index (κ3) is 1.86. The smallest absolute Gasteiger partial charge is 0.118 e. The monoisotopic (exact) mass is 205 g/mol. The van der Waals surface area contributed by atoms with Gasteiger partial charge in [0, 0.05) is 5.54 Å². The van der Waals surface area contributed by atoms with Crippen molar-refractivity contribution in [3.05, 3.63) is 29.8 Å². The van der Waals surface area contributed by atoms with Crippen LogP contribution in [0.2, 0.25) is 0 Å². The lowest BCUT2D eigenvalue weighted by Gasteiger charge is -2.51. The average Bonchev–Trinajstić information content (AvgIpc) is 2.15. The lowest BCUT2D eigenvalue weighted by Crippen LogP contribution is -2.53. The molecule has 0 atom stereocenters. The normalized spacial score (nSPS) is 21.9. The van der Waals surface area contributed by atoms with Gasteiger partial charge in [0.25, 0.3) is 0 Å². The van der Waals surface area contributed by atoms with Gasteiger partial charge >= 0.3 is 0 Å². The summed E-state index contributed by atoms with van der Waals surface area (Å²) in [4.78, 5) is 0. The zero-order valence-electron chi connectivity index (χ0n) is 9.71. The second kappa shape index (κ2) is 3.24. The van der Waals surface area contributed by atoms with Gasteiger partial charge in [0.2, 0.25) is 0 Å². The molecule has 0 aromatic heterocycles. The van der Waals surface area contributed by atoms with Crippen LogP contribution in [0.25, 0.3) is 0 Å². The van der Waals surface area contributed by atoms with Gasteiger partial charge in [-0.1, -0.05) is 26.0 Å². The maximum Gasteiger partial charge on any atom is 0.118 e. The van der Waals surface area contributed by atoms with E-state index in [2.05, 4.69) is 26.0 Å². The maximum atomic E-state index is 6.35. The van der Waals surface area contributed by atoms with Crippen LogP contribution in [0, 0.1) is 5.41 Å². The van der Waals surface area contributed by atoms with Crippen molar-refractivity contribution in [1.29, 1.82) is 0 Å². The Morgan fingerprint density at radius 2 is 1.67 bits per heavy atom. The molecule has 2 rings (SSSR count).